The Bertz CT molecular complexity index is 1480. The monoisotopic (exact) mass is 570 g/mol. The topological polar surface area (TPSA) is 212 Å². The zero-order chi connectivity index (χ0) is 28.3. The van der Waals surface area contributed by atoms with Gasteiger partial charge in [0.1, 0.15) is 6.61 Å². The molecule has 0 saturated heterocycles. The molecule has 0 fully saturated rings. The first kappa shape index (κ1) is 28.3. The summed E-state index contributed by atoms with van der Waals surface area (Å²) >= 11 is 0. The van der Waals surface area contributed by atoms with Crippen molar-refractivity contribution in [2.24, 2.45) is 0 Å². The second kappa shape index (κ2) is 11.0. The first-order valence-corrected chi connectivity index (χ1v) is 13.6. The van der Waals surface area contributed by atoms with E-state index in [0.29, 0.717) is 0 Å². The van der Waals surface area contributed by atoms with Gasteiger partial charge in [-0.25, -0.2) is 40.7 Å². The van der Waals surface area contributed by atoms with Gasteiger partial charge in [0.15, 0.2) is 11.9 Å². The number of rotatable bonds is 8. The third-order valence-corrected chi connectivity index (χ3v) is 7.67. The number of esters is 1. The molecule has 204 valence electrons. The van der Waals surface area contributed by atoms with E-state index < -0.39 is 68.5 Å². The molecule has 1 aliphatic heterocycles. The van der Waals surface area contributed by atoms with Gasteiger partial charge in [-0.3, -0.25) is 0 Å². The van der Waals surface area contributed by atoms with Crippen molar-refractivity contribution in [2.45, 2.75) is 35.8 Å². The van der Waals surface area contributed by atoms with Crippen LogP contribution in [-0.4, -0.2) is 64.0 Å². The molecular weight excluding hydrogens is 548 g/mol. The molecule has 2 aromatic rings. The maximum absolute atomic E-state index is 12.4. The Labute approximate surface area is 216 Å². The van der Waals surface area contributed by atoms with Gasteiger partial charge in [-0.2, -0.15) is 0 Å². The van der Waals surface area contributed by atoms with Crippen LogP contribution in [0.4, 0.5) is 9.59 Å². The van der Waals surface area contributed by atoms with E-state index in [0.717, 1.165) is 11.1 Å². The number of sulfonamides is 2. The number of aliphatic hydroxyl groups excluding tert-OH is 2. The summed E-state index contributed by atoms with van der Waals surface area (Å²) in [6, 6.07) is 10.8. The average Bonchev–Trinajstić information content (AvgIpc) is 3.09. The Hall–Kier alpha value is -4.31. The minimum Gasteiger partial charge on any atom is -0.505 e. The summed E-state index contributed by atoms with van der Waals surface area (Å²) in [6.07, 6.45) is -6.98. The molecule has 2 atom stereocenters. The number of hydrogen-bond donors (Lipinski definition) is 4. The van der Waals surface area contributed by atoms with E-state index in [1.54, 1.807) is 23.3 Å². The maximum Gasteiger partial charge on any atom is 0.421 e. The zero-order valence-corrected chi connectivity index (χ0v) is 21.4. The van der Waals surface area contributed by atoms with Crippen molar-refractivity contribution in [3.63, 3.8) is 0 Å². The number of amides is 2. The summed E-state index contributed by atoms with van der Waals surface area (Å²) in [6.45, 7) is 2.39. The summed E-state index contributed by atoms with van der Waals surface area (Å²) in [5.74, 6) is -3.71. The van der Waals surface area contributed by atoms with E-state index in [-0.39, 0.29) is 9.79 Å². The molecule has 0 aromatic heterocycles. The highest BCUT2D eigenvalue weighted by molar-refractivity contribution is 7.90. The number of aliphatic hydroxyl groups is 2. The lowest BCUT2D eigenvalue weighted by Gasteiger charge is -2.22. The third kappa shape index (κ3) is 6.71. The van der Waals surface area contributed by atoms with Crippen molar-refractivity contribution < 1.29 is 55.6 Å². The van der Waals surface area contributed by atoms with E-state index in [4.69, 9.17) is 14.2 Å². The molecule has 0 radical (unpaired) electrons. The van der Waals surface area contributed by atoms with Gasteiger partial charge in [-0.1, -0.05) is 35.4 Å². The van der Waals surface area contributed by atoms with E-state index in [9.17, 15) is 41.4 Å². The van der Waals surface area contributed by atoms with Crippen molar-refractivity contribution in [3.05, 3.63) is 71.2 Å². The van der Waals surface area contributed by atoms with Crippen molar-refractivity contribution in [1.29, 1.82) is 0 Å². The smallest absolute Gasteiger partial charge is 0.421 e. The molecule has 16 heteroatoms. The van der Waals surface area contributed by atoms with Crippen LogP contribution < -0.4 is 9.44 Å². The summed E-state index contributed by atoms with van der Waals surface area (Å²) in [5.41, 5.74) is 1.51. The van der Waals surface area contributed by atoms with E-state index in [1.165, 1.54) is 48.5 Å². The number of hydrogen-bond acceptors (Lipinski definition) is 12. The second-order valence-electron chi connectivity index (χ2n) is 7.94. The van der Waals surface area contributed by atoms with Crippen LogP contribution in [0.2, 0.25) is 0 Å². The predicted octanol–water partition coefficient (Wildman–Crippen LogP) is 1.46. The fourth-order valence-corrected chi connectivity index (χ4v) is 4.79. The third-order valence-electron chi connectivity index (χ3n) is 5.01. The van der Waals surface area contributed by atoms with E-state index in [2.05, 4.69) is 0 Å². The highest BCUT2D eigenvalue weighted by atomic mass is 32.2. The molecular formula is C22H22N2O12S2. The van der Waals surface area contributed by atoms with Crippen LogP contribution >= 0.6 is 0 Å². The van der Waals surface area contributed by atoms with Crippen LogP contribution in [0.3, 0.4) is 0 Å². The lowest BCUT2D eigenvalue weighted by Crippen LogP contribution is -2.43. The molecule has 3 rings (SSSR count). The van der Waals surface area contributed by atoms with Gasteiger partial charge in [-0.15, -0.1) is 0 Å². The molecule has 4 N–H and O–H groups in total. The second-order valence-corrected chi connectivity index (χ2v) is 11.3. The number of carbonyl (C=O) groups is 3. The van der Waals surface area contributed by atoms with Crippen molar-refractivity contribution in [3.8, 4) is 0 Å². The predicted molar refractivity (Wildman–Crippen MR) is 127 cm³/mol. The highest BCUT2D eigenvalue weighted by Crippen LogP contribution is 2.24. The Morgan fingerprint density at radius 2 is 1.32 bits per heavy atom. The van der Waals surface area contributed by atoms with Crippen LogP contribution in [0.25, 0.3) is 0 Å². The van der Waals surface area contributed by atoms with Gasteiger partial charge in [0.25, 0.3) is 20.0 Å². The van der Waals surface area contributed by atoms with Crippen molar-refractivity contribution >= 4 is 38.2 Å². The largest absolute Gasteiger partial charge is 0.505 e. The minimum atomic E-state index is -4.43. The summed E-state index contributed by atoms with van der Waals surface area (Å²) < 4.78 is 67.2. The van der Waals surface area contributed by atoms with Gasteiger partial charge in [-0.05, 0) is 38.1 Å². The summed E-state index contributed by atoms with van der Waals surface area (Å²) in [5, 5.41) is 19.5. The molecule has 1 heterocycles. The minimum absolute atomic E-state index is 0.260. The molecule has 2 amide bonds. The van der Waals surface area contributed by atoms with Crippen molar-refractivity contribution in [1.82, 2.24) is 9.44 Å². The van der Waals surface area contributed by atoms with Crippen LogP contribution in [0, 0.1) is 13.8 Å². The number of carbonyl (C=O) groups excluding carboxylic acids is 3. The van der Waals surface area contributed by atoms with E-state index >= 15 is 0 Å². The Morgan fingerprint density at radius 3 is 1.74 bits per heavy atom. The normalized spacial score (nSPS) is 16.4. The Balaban J connectivity index is 1.72. The van der Waals surface area contributed by atoms with Crippen LogP contribution in [0.1, 0.15) is 11.1 Å². The Kier molecular flexibility index (Phi) is 8.16. The number of aryl methyl sites for hydroxylation is 2. The maximum atomic E-state index is 12.4. The Morgan fingerprint density at radius 1 is 0.868 bits per heavy atom. The van der Waals surface area contributed by atoms with Gasteiger partial charge < -0.3 is 24.4 Å². The van der Waals surface area contributed by atoms with Gasteiger partial charge in [0.05, 0.1) is 9.79 Å². The van der Waals surface area contributed by atoms with Crippen molar-refractivity contribution in [2.75, 3.05) is 6.61 Å². The lowest BCUT2D eigenvalue weighted by molar-refractivity contribution is -0.147. The molecule has 0 saturated carbocycles. The zero-order valence-electron chi connectivity index (χ0n) is 19.8. The van der Waals surface area contributed by atoms with Gasteiger partial charge in [0.2, 0.25) is 11.9 Å². The average molecular weight is 571 g/mol. The number of benzene rings is 2. The summed E-state index contributed by atoms with van der Waals surface area (Å²) in [4.78, 5) is 35.6. The number of ether oxygens (including phenoxy) is 3. The molecule has 38 heavy (non-hydrogen) atoms. The fraction of sp³-hybridized carbons (Fsp3) is 0.227. The molecule has 0 spiro atoms. The standard InChI is InChI=1S/C22H22N2O12S2/c1-12-3-7-14(8-4-12)37(30,31)23-21(28)34-11-16(19-17(25)18(26)20(27)36-19)35-22(29)24-38(32,33)15-9-5-13(2)6-10-15/h3-10,16,19,25-26H,11H2,1-2H3,(H,23,28)(H,24,29). The first-order valence-electron chi connectivity index (χ1n) is 10.6. The van der Waals surface area contributed by atoms with Gasteiger partial charge in [0, 0.05) is 0 Å². The highest BCUT2D eigenvalue weighted by Gasteiger charge is 2.43. The van der Waals surface area contributed by atoms with Crippen LogP contribution in [-0.2, 0) is 39.1 Å². The molecule has 2 aromatic carbocycles. The molecule has 1 aliphatic rings. The SMILES string of the molecule is Cc1ccc(S(=O)(=O)NC(=O)OCC(OC(=O)NS(=O)(=O)c2ccc(C)cc2)C2OC(=O)C(O)=C2O)cc1. The molecule has 2 unspecified atom stereocenters. The van der Waals surface area contributed by atoms with Crippen LogP contribution in [0.5, 0.6) is 0 Å². The quantitative estimate of drug-likeness (QED) is 0.262. The molecule has 0 bridgehead atoms. The van der Waals surface area contributed by atoms with Crippen LogP contribution in [0.15, 0.2) is 69.8 Å². The summed E-state index contributed by atoms with van der Waals surface area (Å²) in [7, 11) is -8.79. The molecule has 0 aliphatic carbocycles. The number of nitrogens with one attached hydrogen (secondary N) is 2. The first-order chi connectivity index (χ1) is 17.7. The number of cyclic esters (lactones) is 1. The van der Waals surface area contributed by atoms with Gasteiger partial charge >= 0.3 is 18.2 Å². The lowest BCUT2D eigenvalue weighted by atomic mass is 10.2. The molecule has 14 nitrogen and oxygen atoms in total. The van der Waals surface area contributed by atoms with E-state index in [1.807, 2.05) is 0 Å². The fourth-order valence-electron chi connectivity index (χ4n) is 3.02.